The van der Waals surface area contributed by atoms with Crippen molar-refractivity contribution in [2.75, 3.05) is 32.7 Å². The van der Waals surface area contributed by atoms with E-state index in [9.17, 15) is 4.79 Å². The molecule has 1 aliphatic rings. The standard InChI is InChI=1S/C17H25BrN2O/c1-3-20-12-11-19(13-14(20)2)10-4-5-17(21)15-6-8-16(18)9-7-15/h6-9,14H,3-5,10-13H2,1-2H3. The summed E-state index contributed by atoms with van der Waals surface area (Å²) in [4.78, 5) is 17.1. The largest absolute Gasteiger partial charge is 0.301 e. The molecule has 0 amide bonds. The maximum absolute atomic E-state index is 12.1. The molecular weight excluding hydrogens is 328 g/mol. The van der Waals surface area contributed by atoms with Crippen molar-refractivity contribution in [2.45, 2.75) is 32.7 Å². The fourth-order valence-electron chi connectivity index (χ4n) is 2.99. The number of hydrogen-bond donors (Lipinski definition) is 0. The highest BCUT2D eigenvalue weighted by Crippen LogP contribution is 2.14. The van der Waals surface area contributed by atoms with Crippen LogP contribution in [-0.2, 0) is 0 Å². The molecule has 0 N–H and O–H groups in total. The summed E-state index contributed by atoms with van der Waals surface area (Å²) in [5.74, 6) is 0.253. The molecule has 1 aromatic rings. The summed E-state index contributed by atoms with van der Waals surface area (Å²) in [5.41, 5.74) is 0.822. The lowest BCUT2D eigenvalue weighted by atomic mass is 10.1. The van der Waals surface area contributed by atoms with Gasteiger partial charge in [-0.05, 0) is 38.6 Å². The third kappa shape index (κ3) is 4.90. The average Bonchev–Trinajstić information content (AvgIpc) is 2.48. The molecule has 4 heteroatoms. The maximum atomic E-state index is 12.1. The third-order valence-corrected chi connectivity index (χ3v) is 4.83. The Labute approximate surface area is 136 Å². The van der Waals surface area contributed by atoms with Crippen LogP contribution in [0.1, 0.15) is 37.0 Å². The maximum Gasteiger partial charge on any atom is 0.162 e. The summed E-state index contributed by atoms with van der Waals surface area (Å²) in [6.07, 6.45) is 1.59. The van der Waals surface area contributed by atoms with Gasteiger partial charge in [0, 0.05) is 42.1 Å². The fourth-order valence-corrected chi connectivity index (χ4v) is 3.25. The molecule has 116 valence electrons. The normalized spacial score (nSPS) is 20.6. The van der Waals surface area contributed by atoms with Gasteiger partial charge in [0.2, 0.25) is 0 Å². The molecule has 1 unspecified atom stereocenters. The zero-order chi connectivity index (χ0) is 15.2. The number of carbonyl (C=O) groups is 1. The van der Waals surface area contributed by atoms with Crippen molar-refractivity contribution in [3.63, 3.8) is 0 Å². The number of hydrogen-bond acceptors (Lipinski definition) is 3. The number of Topliss-reactive ketones (excluding diaryl/α,β-unsaturated/α-hetero) is 1. The monoisotopic (exact) mass is 352 g/mol. The first-order valence-electron chi connectivity index (χ1n) is 7.85. The van der Waals surface area contributed by atoms with Gasteiger partial charge in [-0.2, -0.15) is 0 Å². The lowest BCUT2D eigenvalue weighted by Crippen LogP contribution is -2.51. The van der Waals surface area contributed by atoms with E-state index in [0.29, 0.717) is 12.5 Å². The number of halogens is 1. The van der Waals surface area contributed by atoms with Crippen LogP contribution >= 0.6 is 15.9 Å². The SMILES string of the molecule is CCN1CCN(CCCC(=O)c2ccc(Br)cc2)CC1C. The Bertz CT molecular complexity index is 460. The zero-order valence-corrected chi connectivity index (χ0v) is 14.6. The number of carbonyl (C=O) groups excluding carboxylic acids is 1. The minimum absolute atomic E-state index is 0.253. The number of likely N-dealkylation sites (N-methyl/N-ethyl adjacent to an activating group) is 1. The number of rotatable bonds is 6. The number of ketones is 1. The Morgan fingerprint density at radius 2 is 2.00 bits per heavy atom. The smallest absolute Gasteiger partial charge is 0.162 e. The molecule has 1 heterocycles. The predicted molar refractivity (Wildman–Crippen MR) is 90.9 cm³/mol. The van der Waals surface area contributed by atoms with Crippen molar-refractivity contribution in [1.82, 2.24) is 9.80 Å². The molecule has 1 atom stereocenters. The van der Waals surface area contributed by atoms with E-state index in [4.69, 9.17) is 0 Å². The molecule has 21 heavy (non-hydrogen) atoms. The average molecular weight is 353 g/mol. The molecule has 1 saturated heterocycles. The molecule has 1 fully saturated rings. The van der Waals surface area contributed by atoms with Crippen LogP contribution in [0.25, 0.3) is 0 Å². The van der Waals surface area contributed by atoms with Crippen LogP contribution in [0.15, 0.2) is 28.7 Å². The second-order valence-corrected chi connectivity index (χ2v) is 6.73. The van der Waals surface area contributed by atoms with Gasteiger partial charge in [0.05, 0.1) is 0 Å². The molecule has 2 rings (SSSR count). The first-order valence-corrected chi connectivity index (χ1v) is 8.64. The van der Waals surface area contributed by atoms with Crippen LogP contribution in [0.2, 0.25) is 0 Å². The molecule has 0 spiro atoms. The van der Waals surface area contributed by atoms with Crippen molar-refractivity contribution in [3.8, 4) is 0 Å². The second-order valence-electron chi connectivity index (χ2n) is 5.81. The molecule has 3 nitrogen and oxygen atoms in total. The Morgan fingerprint density at radius 1 is 1.29 bits per heavy atom. The van der Waals surface area contributed by atoms with Gasteiger partial charge in [-0.1, -0.05) is 35.0 Å². The zero-order valence-electron chi connectivity index (χ0n) is 13.0. The minimum atomic E-state index is 0.253. The number of piperazine rings is 1. The second kappa shape index (κ2) is 8.06. The van der Waals surface area contributed by atoms with Gasteiger partial charge >= 0.3 is 0 Å². The summed E-state index contributed by atoms with van der Waals surface area (Å²) in [6, 6.07) is 8.28. The highest BCUT2D eigenvalue weighted by molar-refractivity contribution is 9.10. The molecule has 1 aromatic carbocycles. The van der Waals surface area contributed by atoms with Crippen molar-refractivity contribution in [2.24, 2.45) is 0 Å². The van der Waals surface area contributed by atoms with E-state index in [1.165, 1.54) is 0 Å². The molecule has 0 bridgehead atoms. The van der Waals surface area contributed by atoms with Gasteiger partial charge in [-0.3, -0.25) is 9.69 Å². The molecule has 0 saturated carbocycles. The van der Waals surface area contributed by atoms with Gasteiger partial charge in [0.25, 0.3) is 0 Å². The van der Waals surface area contributed by atoms with E-state index in [2.05, 4.69) is 39.6 Å². The molecule has 1 aliphatic heterocycles. The van der Waals surface area contributed by atoms with E-state index < -0.39 is 0 Å². The minimum Gasteiger partial charge on any atom is -0.301 e. The highest BCUT2D eigenvalue weighted by atomic mass is 79.9. The molecule has 0 aliphatic carbocycles. The first kappa shape index (κ1) is 16.7. The van der Waals surface area contributed by atoms with Crippen LogP contribution in [0, 0.1) is 0 Å². The van der Waals surface area contributed by atoms with E-state index in [1.807, 2.05) is 24.3 Å². The number of nitrogens with zero attached hydrogens (tertiary/aromatic N) is 2. The summed E-state index contributed by atoms with van der Waals surface area (Å²) >= 11 is 3.39. The Kier molecular flexibility index (Phi) is 6.40. The fraction of sp³-hybridized carbons (Fsp3) is 0.588. The van der Waals surface area contributed by atoms with Gasteiger partial charge < -0.3 is 4.90 Å². The van der Waals surface area contributed by atoms with E-state index in [0.717, 1.165) is 49.2 Å². The third-order valence-electron chi connectivity index (χ3n) is 4.30. The van der Waals surface area contributed by atoms with Gasteiger partial charge in [-0.25, -0.2) is 0 Å². The summed E-state index contributed by atoms with van der Waals surface area (Å²) < 4.78 is 1.02. The van der Waals surface area contributed by atoms with Crippen molar-refractivity contribution in [1.29, 1.82) is 0 Å². The summed E-state index contributed by atoms with van der Waals surface area (Å²) in [5, 5.41) is 0. The molecule has 0 radical (unpaired) electrons. The van der Waals surface area contributed by atoms with E-state index in [-0.39, 0.29) is 5.78 Å². The molecule has 0 aromatic heterocycles. The first-order chi connectivity index (χ1) is 10.1. The van der Waals surface area contributed by atoms with Gasteiger partial charge in [0.15, 0.2) is 5.78 Å². The Hall–Kier alpha value is -0.710. The Balaban J connectivity index is 1.72. The van der Waals surface area contributed by atoms with Crippen LogP contribution in [0.5, 0.6) is 0 Å². The summed E-state index contributed by atoms with van der Waals surface area (Å²) in [6.45, 7) is 10.1. The quantitative estimate of drug-likeness (QED) is 0.732. The highest BCUT2D eigenvalue weighted by Gasteiger charge is 2.21. The van der Waals surface area contributed by atoms with Crippen LogP contribution in [0.4, 0.5) is 0 Å². The topological polar surface area (TPSA) is 23.6 Å². The Morgan fingerprint density at radius 3 is 2.62 bits per heavy atom. The van der Waals surface area contributed by atoms with E-state index >= 15 is 0 Å². The van der Waals surface area contributed by atoms with Crippen molar-refractivity contribution < 1.29 is 4.79 Å². The summed E-state index contributed by atoms with van der Waals surface area (Å²) in [7, 11) is 0. The predicted octanol–water partition coefficient (Wildman–Crippen LogP) is 3.44. The van der Waals surface area contributed by atoms with Crippen molar-refractivity contribution >= 4 is 21.7 Å². The van der Waals surface area contributed by atoms with Gasteiger partial charge in [0.1, 0.15) is 0 Å². The van der Waals surface area contributed by atoms with Crippen LogP contribution in [-0.4, -0.2) is 54.3 Å². The van der Waals surface area contributed by atoms with Crippen LogP contribution in [0.3, 0.4) is 0 Å². The van der Waals surface area contributed by atoms with E-state index in [1.54, 1.807) is 0 Å². The lowest BCUT2D eigenvalue weighted by molar-refractivity contribution is 0.0840. The number of benzene rings is 1. The van der Waals surface area contributed by atoms with Crippen LogP contribution < -0.4 is 0 Å². The van der Waals surface area contributed by atoms with Crippen molar-refractivity contribution in [3.05, 3.63) is 34.3 Å². The van der Waals surface area contributed by atoms with Gasteiger partial charge in [-0.15, -0.1) is 0 Å². The lowest BCUT2D eigenvalue weighted by Gasteiger charge is -2.39. The molecular formula is C17H25BrN2O.